The van der Waals surface area contributed by atoms with Crippen LogP contribution in [0.15, 0.2) is 66.8 Å². The number of fused-ring (bicyclic) bond motifs is 3. The van der Waals surface area contributed by atoms with Gasteiger partial charge in [-0.05, 0) is 55.0 Å². The molecule has 2 aromatic carbocycles. The molecule has 0 saturated carbocycles. The minimum atomic E-state index is -1.39. The van der Waals surface area contributed by atoms with Crippen molar-refractivity contribution in [3.05, 3.63) is 66.8 Å². The maximum absolute atomic E-state index is 14.7. The number of carbonyl (C=O) groups is 3. The molecule has 6 rings (SSSR count). The molecule has 2 saturated heterocycles. The van der Waals surface area contributed by atoms with Gasteiger partial charge in [-0.3, -0.25) is 14.4 Å². The number of rotatable bonds is 5. The molecular formula is C33H38N2O6. The summed E-state index contributed by atoms with van der Waals surface area (Å²) < 4.78 is 12.7. The van der Waals surface area contributed by atoms with Gasteiger partial charge in [0.15, 0.2) is 0 Å². The molecule has 6 atom stereocenters. The summed E-state index contributed by atoms with van der Waals surface area (Å²) in [5.41, 5.74) is -1.77. The number of carbonyl (C=O) groups excluding carboxylic acids is 3. The minimum absolute atomic E-state index is 0.281. The van der Waals surface area contributed by atoms with Gasteiger partial charge in [0, 0.05) is 12.2 Å². The van der Waals surface area contributed by atoms with Crippen molar-refractivity contribution < 1.29 is 29.0 Å². The van der Waals surface area contributed by atoms with Crippen LogP contribution in [0.4, 0.5) is 5.69 Å². The number of aliphatic hydroxyl groups excluding tert-OH is 1. The Labute approximate surface area is 240 Å². The summed E-state index contributed by atoms with van der Waals surface area (Å²) in [6.45, 7) is 4.08. The monoisotopic (exact) mass is 558 g/mol. The van der Waals surface area contributed by atoms with Gasteiger partial charge < -0.3 is 24.4 Å². The molecule has 41 heavy (non-hydrogen) atoms. The van der Waals surface area contributed by atoms with E-state index in [0.717, 1.165) is 30.0 Å². The zero-order chi connectivity index (χ0) is 28.8. The van der Waals surface area contributed by atoms with Gasteiger partial charge in [0.25, 0.3) is 5.91 Å². The van der Waals surface area contributed by atoms with E-state index in [4.69, 9.17) is 9.47 Å². The molecule has 2 fully saturated rings. The number of anilines is 1. The largest absolute Gasteiger partial charge is 0.465 e. The number of nitrogens with zero attached hydrogens (tertiary/aromatic N) is 2. The Morgan fingerprint density at radius 1 is 0.976 bits per heavy atom. The van der Waals surface area contributed by atoms with Crippen molar-refractivity contribution in [3.8, 4) is 0 Å². The standard InChI is InChI=1S/C33H38N2O6/c1-3-24(21-36)35-28-30(38)34(25-15-14-22-12-7-8-13-23(22)20-25)18-11-17-33(28)26(29(35)37)27-31(39)40-19-10-6-5-9-16-32(27,4-2)41-33/h7-9,11-17,20,24,26-28,36H,3-6,10,18-19,21H2,1-2H3/b16-9-/t24-,26-,27+,28?,32-,33-/m0/s1. The fourth-order valence-corrected chi connectivity index (χ4v) is 7.36. The molecular weight excluding hydrogens is 520 g/mol. The first-order valence-electron chi connectivity index (χ1n) is 14.9. The Morgan fingerprint density at radius 2 is 1.78 bits per heavy atom. The number of esters is 1. The lowest BCUT2D eigenvalue weighted by Gasteiger charge is -2.40. The summed E-state index contributed by atoms with van der Waals surface area (Å²) >= 11 is 0. The summed E-state index contributed by atoms with van der Waals surface area (Å²) in [4.78, 5) is 46.2. The Bertz CT molecular complexity index is 1420. The lowest BCUT2D eigenvalue weighted by molar-refractivity contribution is -0.161. The molecule has 0 aromatic heterocycles. The molecule has 0 aliphatic carbocycles. The van der Waals surface area contributed by atoms with Crippen molar-refractivity contribution in [1.82, 2.24) is 4.90 Å². The van der Waals surface area contributed by atoms with Crippen LogP contribution in [0.5, 0.6) is 0 Å². The molecule has 216 valence electrons. The number of likely N-dealkylation sites (tertiary alicyclic amines) is 1. The smallest absolute Gasteiger partial charge is 0.313 e. The Morgan fingerprint density at radius 3 is 2.54 bits per heavy atom. The number of hydrogen-bond acceptors (Lipinski definition) is 6. The van der Waals surface area contributed by atoms with E-state index in [1.165, 1.54) is 4.90 Å². The fraction of sp³-hybridized carbons (Fsp3) is 0.485. The highest BCUT2D eigenvalue weighted by Crippen LogP contribution is 2.58. The predicted molar refractivity (Wildman–Crippen MR) is 155 cm³/mol. The van der Waals surface area contributed by atoms with Crippen LogP contribution in [-0.4, -0.2) is 70.8 Å². The topological polar surface area (TPSA) is 96.4 Å². The highest BCUT2D eigenvalue weighted by atomic mass is 16.6. The van der Waals surface area contributed by atoms with Gasteiger partial charge in [-0.15, -0.1) is 0 Å². The van der Waals surface area contributed by atoms with Crippen LogP contribution in [0.1, 0.15) is 46.0 Å². The third-order valence-electron chi connectivity index (χ3n) is 9.44. The van der Waals surface area contributed by atoms with E-state index in [0.29, 0.717) is 18.5 Å². The molecule has 2 aromatic rings. The van der Waals surface area contributed by atoms with E-state index >= 15 is 0 Å². The zero-order valence-corrected chi connectivity index (χ0v) is 23.7. The van der Waals surface area contributed by atoms with Crippen LogP contribution in [0, 0.1) is 11.8 Å². The average Bonchev–Trinajstić information content (AvgIpc) is 3.35. The first-order valence-corrected chi connectivity index (χ1v) is 14.9. The van der Waals surface area contributed by atoms with Gasteiger partial charge >= 0.3 is 5.97 Å². The van der Waals surface area contributed by atoms with Gasteiger partial charge in [0.05, 0.1) is 25.2 Å². The van der Waals surface area contributed by atoms with Gasteiger partial charge in [-0.1, -0.05) is 68.5 Å². The van der Waals surface area contributed by atoms with Gasteiger partial charge in [-0.25, -0.2) is 0 Å². The second-order valence-corrected chi connectivity index (χ2v) is 11.6. The van der Waals surface area contributed by atoms with Crippen molar-refractivity contribution in [2.24, 2.45) is 11.8 Å². The van der Waals surface area contributed by atoms with E-state index in [1.807, 2.05) is 80.6 Å². The van der Waals surface area contributed by atoms with Crippen LogP contribution in [0.3, 0.4) is 0 Å². The van der Waals surface area contributed by atoms with Crippen LogP contribution < -0.4 is 4.90 Å². The average molecular weight is 559 g/mol. The number of ether oxygens (including phenoxy) is 2. The normalized spacial score (nSPS) is 33.1. The summed E-state index contributed by atoms with van der Waals surface area (Å²) in [6, 6.07) is 12.2. The number of hydrogen-bond donors (Lipinski definition) is 1. The molecule has 4 aliphatic heterocycles. The number of allylic oxidation sites excluding steroid dienone is 1. The summed E-state index contributed by atoms with van der Waals surface area (Å²) in [5, 5.41) is 12.4. The summed E-state index contributed by atoms with van der Waals surface area (Å²) in [7, 11) is 0. The minimum Gasteiger partial charge on any atom is -0.465 e. The van der Waals surface area contributed by atoms with Gasteiger partial charge in [0.1, 0.15) is 23.2 Å². The molecule has 1 N–H and O–H groups in total. The highest BCUT2D eigenvalue weighted by Gasteiger charge is 2.75. The molecule has 4 aliphatic rings. The third-order valence-corrected chi connectivity index (χ3v) is 9.44. The second kappa shape index (κ2) is 10.7. The molecule has 8 nitrogen and oxygen atoms in total. The number of cyclic esters (lactones) is 1. The van der Waals surface area contributed by atoms with Crippen molar-refractivity contribution in [3.63, 3.8) is 0 Å². The maximum atomic E-state index is 14.7. The summed E-state index contributed by atoms with van der Waals surface area (Å²) in [6.07, 6.45) is 11.0. The van der Waals surface area contributed by atoms with Crippen LogP contribution >= 0.6 is 0 Å². The van der Waals surface area contributed by atoms with E-state index < -0.39 is 41.1 Å². The molecule has 8 heteroatoms. The molecule has 0 radical (unpaired) electrons. The Hall–Kier alpha value is -3.49. The maximum Gasteiger partial charge on any atom is 0.313 e. The lowest BCUT2D eigenvalue weighted by atomic mass is 9.73. The lowest BCUT2D eigenvalue weighted by Crippen LogP contribution is -2.59. The number of aliphatic hydroxyl groups is 1. The fourth-order valence-electron chi connectivity index (χ4n) is 7.36. The van der Waals surface area contributed by atoms with Crippen LogP contribution in [0.25, 0.3) is 10.8 Å². The Kier molecular flexibility index (Phi) is 7.24. The van der Waals surface area contributed by atoms with Crippen LogP contribution in [0.2, 0.25) is 0 Å². The molecule has 0 bridgehead atoms. The van der Waals surface area contributed by atoms with E-state index in [9.17, 15) is 19.5 Å². The first-order chi connectivity index (χ1) is 19.9. The zero-order valence-electron chi connectivity index (χ0n) is 23.7. The molecule has 4 heterocycles. The Balaban J connectivity index is 1.51. The number of amides is 2. The van der Waals surface area contributed by atoms with E-state index in [1.54, 1.807) is 4.90 Å². The van der Waals surface area contributed by atoms with Crippen molar-refractivity contribution in [2.75, 3.05) is 24.7 Å². The second-order valence-electron chi connectivity index (χ2n) is 11.6. The van der Waals surface area contributed by atoms with Gasteiger partial charge in [-0.2, -0.15) is 0 Å². The van der Waals surface area contributed by atoms with Crippen molar-refractivity contribution in [2.45, 2.75) is 69.2 Å². The summed E-state index contributed by atoms with van der Waals surface area (Å²) in [5.74, 6) is -2.98. The third kappa shape index (κ3) is 4.22. The number of benzene rings is 2. The first kappa shape index (κ1) is 27.7. The van der Waals surface area contributed by atoms with E-state index in [2.05, 4.69) is 0 Å². The van der Waals surface area contributed by atoms with Crippen molar-refractivity contribution in [1.29, 1.82) is 0 Å². The molecule has 1 spiro atoms. The van der Waals surface area contributed by atoms with Crippen LogP contribution in [-0.2, 0) is 23.9 Å². The van der Waals surface area contributed by atoms with Crippen molar-refractivity contribution >= 4 is 34.2 Å². The highest BCUT2D eigenvalue weighted by molar-refractivity contribution is 6.06. The molecule has 2 amide bonds. The SMILES string of the molecule is CC[C@@H](CO)N1C(=O)[C@@H]2[C@@H]3C(=O)OCCCC/C=C\[C@]3(CC)O[C@@]23C=CCN(c2ccc4ccccc4c2)C(=O)C13. The quantitative estimate of drug-likeness (QED) is 0.438. The van der Waals surface area contributed by atoms with Gasteiger partial charge in [0.2, 0.25) is 5.91 Å². The molecule has 1 unspecified atom stereocenters. The van der Waals surface area contributed by atoms with E-state index in [-0.39, 0.29) is 31.6 Å². The predicted octanol–water partition coefficient (Wildman–Crippen LogP) is 4.16.